The second kappa shape index (κ2) is 8.25. The van der Waals surface area contributed by atoms with Crippen LogP contribution in [0.15, 0.2) is 16.5 Å². The van der Waals surface area contributed by atoms with Crippen LogP contribution in [0.25, 0.3) is 0 Å². The zero-order chi connectivity index (χ0) is 13.2. The minimum Gasteiger partial charge on any atom is -0.462 e. The highest BCUT2D eigenvalue weighted by atomic mass is 35.5. The summed E-state index contributed by atoms with van der Waals surface area (Å²) in [4.78, 5) is 2.47. The van der Waals surface area contributed by atoms with Gasteiger partial charge in [0, 0.05) is 26.2 Å². The van der Waals surface area contributed by atoms with E-state index in [1.54, 1.807) is 0 Å². The van der Waals surface area contributed by atoms with Crippen molar-refractivity contribution in [3.8, 4) is 0 Å². The summed E-state index contributed by atoms with van der Waals surface area (Å²) < 4.78 is 5.76. The Bertz CT molecular complexity index is 385. The lowest BCUT2D eigenvalue weighted by Gasteiger charge is -2.41. The van der Waals surface area contributed by atoms with Gasteiger partial charge >= 0.3 is 0 Å². The predicted molar refractivity (Wildman–Crippen MR) is 85.8 cm³/mol. The average molecular weight is 325 g/mol. The summed E-state index contributed by atoms with van der Waals surface area (Å²) in [5, 5.41) is 12.5. The van der Waals surface area contributed by atoms with Crippen molar-refractivity contribution in [2.45, 2.75) is 33.4 Å². The zero-order valence-electron chi connectivity index (χ0n) is 12.4. The van der Waals surface area contributed by atoms with Crippen LogP contribution in [0.3, 0.4) is 0 Å². The van der Waals surface area contributed by atoms with Crippen LogP contribution in [0.5, 0.6) is 0 Å². The highest BCUT2D eigenvalue weighted by molar-refractivity contribution is 5.85. The minimum atomic E-state index is -0.0293. The van der Waals surface area contributed by atoms with Gasteiger partial charge in [-0.1, -0.05) is 20.8 Å². The van der Waals surface area contributed by atoms with Crippen molar-refractivity contribution in [1.82, 2.24) is 10.2 Å². The molecule has 1 saturated heterocycles. The molecule has 1 aliphatic heterocycles. The second-order valence-corrected chi connectivity index (χ2v) is 6.02. The number of halogens is 2. The Morgan fingerprint density at radius 2 is 1.85 bits per heavy atom. The normalized spacial score (nSPS) is 18.0. The summed E-state index contributed by atoms with van der Waals surface area (Å²) in [6.45, 7) is 10.8. The van der Waals surface area contributed by atoms with Crippen LogP contribution in [-0.2, 0) is 6.61 Å². The number of piperazine rings is 1. The Kier molecular flexibility index (Phi) is 8.14. The van der Waals surface area contributed by atoms with Gasteiger partial charge in [0.05, 0.1) is 6.04 Å². The number of nitrogens with zero attached hydrogens (tertiary/aromatic N) is 1. The summed E-state index contributed by atoms with van der Waals surface area (Å²) in [6, 6.07) is 4.14. The molecule has 1 atom stereocenters. The van der Waals surface area contributed by atoms with Gasteiger partial charge in [0.1, 0.15) is 18.1 Å². The summed E-state index contributed by atoms with van der Waals surface area (Å²) in [5.74, 6) is 1.61. The maximum atomic E-state index is 9.13. The summed E-state index contributed by atoms with van der Waals surface area (Å²) in [7, 11) is 0. The highest BCUT2D eigenvalue weighted by Crippen LogP contribution is 2.38. The van der Waals surface area contributed by atoms with Crippen molar-refractivity contribution in [3.63, 3.8) is 0 Å². The molecule has 1 fully saturated rings. The van der Waals surface area contributed by atoms with Gasteiger partial charge in [-0.05, 0) is 17.5 Å². The molecule has 0 unspecified atom stereocenters. The van der Waals surface area contributed by atoms with Crippen LogP contribution in [0.2, 0.25) is 0 Å². The molecule has 2 rings (SSSR count). The van der Waals surface area contributed by atoms with Gasteiger partial charge in [0.2, 0.25) is 0 Å². The fourth-order valence-corrected chi connectivity index (χ4v) is 2.72. The Morgan fingerprint density at radius 1 is 1.25 bits per heavy atom. The van der Waals surface area contributed by atoms with E-state index in [9.17, 15) is 0 Å². The standard InChI is InChI=1S/C14H24N2O2.2ClH/c1-14(2,3)13(16-8-6-15-7-9-16)12-5-4-11(10-17)18-12;;/h4-5,13,15,17H,6-10H2,1-3H3;2*1H/t13-;;/m0../s1. The lowest BCUT2D eigenvalue weighted by molar-refractivity contribution is 0.0672. The molecule has 6 heteroatoms. The number of nitrogens with one attached hydrogen (secondary N) is 1. The quantitative estimate of drug-likeness (QED) is 0.897. The van der Waals surface area contributed by atoms with Crippen LogP contribution in [0.1, 0.15) is 38.3 Å². The molecule has 1 aliphatic rings. The van der Waals surface area contributed by atoms with Crippen molar-refractivity contribution in [3.05, 3.63) is 23.7 Å². The van der Waals surface area contributed by atoms with Crippen LogP contribution in [0.4, 0.5) is 0 Å². The van der Waals surface area contributed by atoms with Gasteiger partial charge in [-0.3, -0.25) is 4.90 Å². The Labute approximate surface area is 133 Å². The van der Waals surface area contributed by atoms with Crippen LogP contribution in [-0.4, -0.2) is 36.2 Å². The van der Waals surface area contributed by atoms with Crippen molar-refractivity contribution in [1.29, 1.82) is 0 Å². The molecule has 0 aromatic carbocycles. The van der Waals surface area contributed by atoms with E-state index in [4.69, 9.17) is 9.52 Å². The lowest BCUT2D eigenvalue weighted by Crippen LogP contribution is -2.48. The molecule has 0 amide bonds. The first-order valence-corrected chi connectivity index (χ1v) is 6.66. The number of rotatable bonds is 3. The third kappa shape index (κ3) is 4.64. The van der Waals surface area contributed by atoms with Gasteiger partial charge in [0.15, 0.2) is 0 Å². The van der Waals surface area contributed by atoms with E-state index in [0.29, 0.717) is 5.76 Å². The van der Waals surface area contributed by atoms with Crippen LogP contribution in [0, 0.1) is 5.41 Å². The Balaban J connectivity index is 0.00000180. The summed E-state index contributed by atoms with van der Waals surface area (Å²) in [5.41, 5.74) is 0.113. The molecule has 20 heavy (non-hydrogen) atoms. The third-order valence-corrected chi connectivity index (χ3v) is 3.44. The Hall–Kier alpha value is -0.260. The lowest BCUT2D eigenvalue weighted by atomic mass is 9.84. The summed E-state index contributed by atoms with van der Waals surface area (Å²) >= 11 is 0. The molecule has 0 spiro atoms. The second-order valence-electron chi connectivity index (χ2n) is 6.02. The first-order chi connectivity index (χ1) is 8.52. The predicted octanol–water partition coefficient (Wildman–Crippen LogP) is 2.61. The zero-order valence-corrected chi connectivity index (χ0v) is 14.0. The van der Waals surface area contributed by atoms with Crippen molar-refractivity contribution in [2.75, 3.05) is 26.2 Å². The molecule has 0 saturated carbocycles. The molecule has 0 radical (unpaired) electrons. The van der Waals surface area contributed by atoms with Crippen molar-refractivity contribution < 1.29 is 9.52 Å². The highest BCUT2D eigenvalue weighted by Gasteiger charge is 2.34. The molecule has 118 valence electrons. The molecule has 1 aromatic rings. The average Bonchev–Trinajstić information content (AvgIpc) is 2.77. The summed E-state index contributed by atoms with van der Waals surface area (Å²) in [6.07, 6.45) is 0. The molecular weight excluding hydrogens is 299 g/mol. The van der Waals surface area contributed by atoms with E-state index in [1.165, 1.54) is 0 Å². The number of aliphatic hydroxyl groups excluding tert-OH is 1. The van der Waals surface area contributed by atoms with Crippen molar-refractivity contribution >= 4 is 24.8 Å². The fourth-order valence-electron chi connectivity index (χ4n) is 2.72. The molecule has 4 nitrogen and oxygen atoms in total. The minimum absolute atomic E-state index is 0. The van der Waals surface area contributed by atoms with E-state index in [-0.39, 0.29) is 42.9 Å². The monoisotopic (exact) mass is 324 g/mol. The Morgan fingerprint density at radius 3 is 2.30 bits per heavy atom. The van der Waals surface area contributed by atoms with Gasteiger partial charge in [-0.2, -0.15) is 0 Å². The van der Waals surface area contributed by atoms with Gasteiger partial charge in [-0.25, -0.2) is 0 Å². The first kappa shape index (κ1) is 19.7. The topological polar surface area (TPSA) is 48.6 Å². The van der Waals surface area contributed by atoms with E-state index in [2.05, 4.69) is 31.0 Å². The molecular formula is C14H26Cl2N2O2. The van der Waals surface area contributed by atoms with E-state index < -0.39 is 0 Å². The van der Waals surface area contributed by atoms with E-state index in [1.807, 2.05) is 12.1 Å². The smallest absolute Gasteiger partial charge is 0.129 e. The third-order valence-electron chi connectivity index (χ3n) is 3.44. The number of furan rings is 1. The molecule has 2 heterocycles. The molecule has 1 aromatic heterocycles. The van der Waals surface area contributed by atoms with Crippen LogP contribution < -0.4 is 5.32 Å². The van der Waals surface area contributed by atoms with E-state index >= 15 is 0 Å². The number of hydrogen-bond acceptors (Lipinski definition) is 4. The van der Waals surface area contributed by atoms with Crippen LogP contribution >= 0.6 is 24.8 Å². The maximum Gasteiger partial charge on any atom is 0.129 e. The SMILES string of the molecule is CC(C)(C)[C@H](c1ccc(CO)o1)N1CCNCC1.Cl.Cl. The van der Waals surface area contributed by atoms with Gasteiger partial charge < -0.3 is 14.8 Å². The van der Waals surface area contributed by atoms with Gasteiger partial charge in [0.25, 0.3) is 0 Å². The number of aliphatic hydroxyl groups is 1. The molecule has 2 N–H and O–H groups in total. The fraction of sp³-hybridized carbons (Fsp3) is 0.714. The number of hydrogen-bond donors (Lipinski definition) is 2. The van der Waals surface area contributed by atoms with Gasteiger partial charge in [-0.15, -0.1) is 24.8 Å². The van der Waals surface area contributed by atoms with E-state index in [0.717, 1.165) is 31.9 Å². The maximum absolute atomic E-state index is 9.13. The first-order valence-electron chi connectivity index (χ1n) is 6.66. The molecule has 0 aliphatic carbocycles. The largest absolute Gasteiger partial charge is 0.462 e. The van der Waals surface area contributed by atoms with Crippen molar-refractivity contribution in [2.24, 2.45) is 5.41 Å². The molecule has 0 bridgehead atoms.